The number of aliphatic hydroxyl groups is 2. The predicted molar refractivity (Wildman–Crippen MR) is 315 cm³/mol. The first-order valence-electron chi connectivity index (χ1n) is 32.3. The molecule has 0 spiro atoms. The fraction of sp³-hybridized carbons (Fsp3) is 0.879. The number of esters is 1. The maximum atomic E-state index is 12.5. The first-order valence-corrected chi connectivity index (χ1v) is 32.3. The quantitative estimate of drug-likeness (QED) is 0.0320. The number of unbranched alkanes of at least 4 members (excludes halogenated alkanes) is 45. The number of aliphatic hydroxyl groups excluding tert-OH is 2. The molecule has 1 amide bonds. The second-order valence-corrected chi connectivity index (χ2v) is 22.1. The fourth-order valence-corrected chi connectivity index (χ4v) is 9.91. The highest BCUT2D eigenvalue weighted by Crippen LogP contribution is 2.17. The maximum Gasteiger partial charge on any atom is 0.305 e. The second-order valence-electron chi connectivity index (χ2n) is 22.1. The van der Waals surface area contributed by atoms with Crippen molar-refractivity contribution in [2.45, 2.75) is 360 Å². The van der Waals surface area contributed by atoms with Gasteiger partial charge < -0.3 is 20.3 Å². The Bertz CT molecular complexity index is 1170. The van der Waals surface area contributed by atoms with Gasteiger partial charge in [-0.3, -0.25) is 9.59 Å². The summed E-state index contributed by atoms with van der Waals surface area (Å²) in [7, 11) is 0. The van der Waals surface area contributed by atoms with Gasteiger partial charge in [0.15, 0.2) is 0 Å². The number of nitrogens with one attached hydrogen (secondary N) is 1. The number of amides is 1. The highest BCUT2D eigenvalue weighted by atomic mass is 16.5. The molecule has 6 nitrogen and oxygen atoms in total. The largest absolute Gasteiger partial charge is 0.466 e. The van der Waals surface area contributed by atoms with Crippen molar-refractivity contribution in [2.75, 3.05) is 13.2 Å². The minimum atomic E-state index is -0.853. The molecule has 0 bridgehead atoms. The molecule has 0 rings (SSSR count). The van der Waals surface area contributed by atoms with Gasteiger partial charge in [-0.15, -0.1) is 0 Å². The van der Waals surface area contributed by atoms with Gasteiger partial charge in [0.05, 0.1) is 25.4 Å². The first-order chi connectivity index (χ1) is 35.5. The molecule has 0 aliphatic rings. The Morgan fingerprint density at radius 2 is 0.667 bits per heavy atom. The summed E-state index contributed by atoms with van der Waals surface area (Å²) in [6.45, 7) is 4.87. The molecule has 6 heteroatoms. The Labute approximate surface area is 449 Å². The van der Waals surface area contributed by atoms with Crippen molar-refractivity contribution in [2.24, 2.45) is 0 Å². The van der Waals surface area contributed by atoms with E-state index in [0.29, 0.717) is 19.4 Å². The molecule has 2 unspecified atom stereocenters. The number of hydrogen-bond donors (Lipinski definition) is 3. The molecular formula is C66H125NO5. The van der Waals surface area contributed by atoms with Crippen molar-refractivity contribution in [1.82, 2.24) is 5.32 Å². The molecule has 0 saturated heterocycles. The third-order valence-electron chi connectivity index (χ3n) is 14.9. The van der Waals surface area contributed by atoms with Gasteiger partial charge in [0.25, 0.3) is 0 Å². The smallest absolute Gasteiger partial charge is 0.305 e. The van der Waals surface area contributed by atoms with Gasteiger partial charge >= 0.3 is 5.97 Å². The van der Waals surface area contributed by atoms with E-state index in [1.807, 2.05) is 6.08 Å². The van der Waals surface area contributed by atoms with Gasteiger partial charge in [0.1, 0.15) is 0 Å². The number of carbonyl (C=O) groups is 2. The van der Waals surface area contributed by atoms with Crippen molar-refractivity contribution < 1.29 is 24.5 Å². The maximum absolute atomic E-state index is 12.5. The van der Waals surface area contributed by atoms with E-state index in [-0.39, 0.29) is 18.5 Å². The minimum absolute atomic E-state index is 0.00765. The Kier molecular flexibility index (Phi) is 60.0. The van der Waals surface area contributed by atoms with Crippen LogP contribution in [0.2, 0.25) is 0 Å². The lowest BCUT2D eigenvalue weighted by Gasteiger charge is -2.20. The van der Waals surface area contributed by atoms with Crippen LogP contribution in [0.5, 0.6) is 0 Å². The van der Waals surface area contributed by atoms with Gasteiger partial charge in [-0.05, 0) is 77.0 Å². The average molecular weight is 1010 g/mol. The SMILES string of the molecule is CCCC/C=C\CCCCCCCC(=O)OCCCCCCCCCC/C=C\CCCCCCCCCC(=O)NC(CO)C(O)/C=C/CCCCCCCCCCCCCCCCCCCCCCCCC. The van der Waals surface area contributed by atoms with E-state index in [1.165, 1.54) is 270 Å². The molecule has 72 heavy (non-hydrogen) atoms. The molecule has 0 aromatic carbocycles. The zero-order chi connectivity index (χ0) is 52.2. The van der Waals surface area contributed by atoms with E-state index in [2.05, 4.69) is 43.5 Å². The third-order valence-corrected chi connectivity index (χ3v) is 14.9. The topological polar surface area (TPSA) is 95.9 Å². The minimum Gasteiger partial charge on any atom is -0.466 e. The molecule has 0 saturated carbocycles. The predicted octanol–water partition coefficient (Wildman–Crippen LogP) is 20.4. The molecule has 0 aromatic rings. The van der Waals surface area contributed by atoms with Crippen LogP contribution in [-0.2, 0) is 14.3 Å². The van der Waals surface area contributed by atoms with Crippen molar-refractivity contribution in [3.8, 4) is 0 Å². The highest BCUT2D eigenvalue weighted by molar-refractivity contribution is 5.76. The average Bonchev–Trinajstić information content (AvgIpc) is 3.38. The summed E-state index contributed by atoms with van der Waals surface area (Å²) >= 11 is 0. The molecule has 0 aliphatic heterocycles. The second kappa shape index (κ2) is 61.6. The van der Waals surface area contributed by atoms with E-state index >= 15 is 0 Å². The number of carbonyl (C=O) groups excluding carboxylic acids is 2. The normalized spacial score (nSPS) is 12.8. The Morgan fingerprint density at radius 3 is 1.03 bits per heavy atom. The van der Waals surface area contributed by atoms with Crippen molar-refractivity contribution in [3.05, 3.63) is 36.5 Å². The molecule has 0 aromatic heterocycles. The van der Waals surface area contributed by atoms with Crippen LogP contribution >= 0.6 is 0 Å². The summed E-state index contributed by atoms with van der Waals surface area (Å²) in [5, 5.41) is 23.2. The van der Waals surface area contributed by atoms with Gasteiger partial charge in [0, 0.05) is 12.8 Å². The van der Waals surface area contributed by atoms with Crippen LogP contribution in [0.25, 0.3) is 0 Å². The van der Waals surface area contributed by atoms with Crippen molar-refractivity contribution >= 4 is 11.9 Å². The molecule has 3 N–H and O–H groups in total. The summed E-state index contributed by atoms with van der Waals surface area (Å²) in [5.74, 6) is -0.0823. The van der Waals surface area contributed by atoms with Crippen molar-refractivity contribution in [1.29, 1.82) is 0 Å². The zero-order valence-corrected chi connectivity index (χ0v) is 48.4. The zero-order valence-electron chi connectivity index (χ0n) is 48.4. The Balaban J connectivity index is 3.48. The van der Waals surface area contributed by atoms with Gasteiger partial charge in [0.2, 0.25) is 5.91 Å². The van der Waals surface area contributed by atoms with Crippen LogP contribution in [0, 0.1) is 0 Å². The Morgan fingerprint density at radius 1 is 0.375 bits per heavy atom. The summed E-state index contributed by atoms with van der Waals surface area (Å²) in [6, 6.07) is -0.637. The lowest BCUT2D eigenvalue weighted by Crippen LogP contribution is -2.45. The van der Waals surface area contributed by atoms with Gasteiger partial charge in [-0.2, -0.15) is 0 Å². The number of hydrogen-bond acceptors (Lipinski definition) is 5. The van der Waals surface area contributed by atoms with E-state index in [1.54, 1.807) is 6.08 Å². The lowest BCUT2D eigenvalue weighted by molar-refractivity contribution is -0.143. The van der Waals surface area contributed by atoms with Crippen LogP contribution in [0.3, 0.4) is 0 Å². The summed E-state index contributed by atoms with van der Waals surface area (Å²) in [4.78, 5) is 24.5. The Hall–Kier alpha value is -1.92. The van der Waals surface area contributed by atoms with Gasteiger partial charge in [-0.1, -0.05) is 294 Å². The molecule has 424 valence electrons. The molecule has 0 aliphatic carbocycles. The lowest BCUT2D eigenvalue weighted by atomic mass is 10.0. The molecule has 0 fully saturated rings. The number of allylic oxidation sites excluding steroid dienone is 5. The molecule has 0 heterocycles. The summed E-state index contributed by atoms with van der Waals surface area (Å²) in [5.41, 5.74) is 0. The van der Waals surface area contributed by atoms with Crippen LogP contribution in [0.1, 0.15) is 348 Å². The number of ether oxygens (including phenoxy) is 1. The summed E-state index contributed by atoms with van der Waals surface area (Å²) in [6.07, 6.45) is 77.7. The summed E-state index contributed by atoms with van der Waals surface area (Å²) < 4.78 is 5.45. The van der Waals surface area contributed by atoms with Crippen LogP contribution in [-0.4, -0.2) is 47.4 Å². The van der Waals surface area contributed by atoms with Gasteiger partial charge in [-0.25, -0.2) is 0 Å². The van der Waals surface area contributed by atoms with E-state index in [9.17, 15) is 19.8 Å². The monoisotopic (exact) mass is 1010 g/mol. The molecule has 0 radical (unpaired) electrons. The highest BCUT2D eigenvalue weighted by Gasteiger charge is 2.18. The van der Waals surface area contributed by atoms with Crippen LogP contribution < -0.4 is 5.32 Å². The molecular weight excluding hydrogens is 887 g/mol. The number of rotatable bonds is 60. The van der Waals surface area contributed by atoms with E-state index in [0.717, 1.165) is 51.4 Å². The fourth-order valence-electron chi connectivity index (χ4n) is 9.91. The third kappa shape index (κ3) is 57.4. The van der Waals surface area contributed by atoms with Crippen LogP contribution in [0.15, 0.2) is 36.5 Å². The van der Waals surface area contributed by atoms with Crippen LogP contribution in [0.4, 0.5) is 0 Å². The molecule has 2 atom stereocenters. The first kappa shape index (κ1) is 70.1. The van der Waals surface area contributed by atoms with E-state index in [4.69, 9.17) is 4.74 Å². The van der Waals surface area contributed by atoms with Crippen molar-refractivity contribution in [3.63, 3.8) is 0 Å². The standard InChI is InChI=1S/C66H125NO5/c1-3-5-7-9-11-13-15-16-17-18-19-20-21-22-23-24-26-29-32-35-39-42-46-50-54-58-64(69)63(62-68)67-65(70)59-55-51-47-43-40-36-33-30-27-25-28-31-34-37-41-45-49-53-57-61-72-66(71)60-56-52-48-44-38-14-12-10-8-6-4-2/h10,12,25,27,54,58,63-64,68-69H,3-9,11,13-24,26,28-53,55-57,59-62H2,1-2H3,(H,67,70)/b12-10-,27-25-,58-54+. The van der Waals surface area contributed by atoms with E-state index < -0.39 is 12.1 Å².